The zero-order chi connectivity index (χ0) is 20.1. The fourth-order valence-electron chi connectivity index (χ4n) is 3.82. The van der Waals surface area contributed by atoms with Gasteiger partial charge < -0.3 is 25.1 Å². The molecule has 1 aliphatic heterocycles. The van der Waals surface area contributed by atoms with Crippen LogP contribution in [0.25, 0.3) is 0 Å². The molecule has 7 nitrogen and oxygen atoms in total. The smallest absolute Gasteiger partial charge is 0.250 e. The number of ether oxygens (including phenoxy) is 2. The largest absolute Gasteiger partial charge is 0.493 e. The molecule has 1 saturated heterocycles. The van der Waals surface area contributed by atoms with Crippen molar-refractivity contribution in [2.24, 2.45) is 5.73 Å². The van der Waals surface area contributed by atoms with E-state index in [-0.39, 0.29) is 11.8 Å². The number of piperidine rings is 1. The van der Waals surface area contributed by atoms with Crippen LogP contribution in [0.5, 0.6) is 11.5 Å². The summed E-state index contributed by atoms with van der Waals surface area (Å²) >= 11 is 0. The monoisotopic (exact) mass is 385 g/mol. The van der Waals surface area contributed by atoms with Gasteiger partial charge in [-0.25, -0.2) is 0 Å². The number of carbonyl (C=O) groups is 2. The van der Waals surface area contributed by atoms with E-state index in [1.54, 1.807) is 26.5 Å². The van der Waals surface area contributed by atoms with E-state index in [0.717, 1.165) is 30.6 Å². The van der Waals surface area contributed by atoms with Crippen LogP contribution in [-0.2, 0) is 11.2 Å². The van der Waals surface area contributed by atoms with Crippen LogP contribution >= 0.6 is 0 Å². The number of primary amides is 1. The summed E-state index contributed by atoms with van der Waals surface area (Å²) < 4.78 is 10.6. The molecule has 28 heavy (non-hydrogen) atoms. The summed E-state index contributed by atoms with van der Waals surface area (Å²) in [7, 11) is 3.20. The number of aromatic amines is 1. The number of carbonyl (C=O) groups excluding carboxylic acids is 2. The Morgan fingerprint density at radius 1 is 1.21 bits per heavy atom. The Labute approximate surface area is 164 Å². The minimum Gasteiger partial charge on any atom is -0.493 e. The Morgan fingerprint density at radius 2 is 2.00 bits per heavy atom. The number of nitrogens with zero attached hydrogens (tertiary/aromatic N) is 1. The van der Waals surface area contributed by atoms with Gasteiger partial charge in [0, 0.05) is 37.3 Å². The maximum atomic E-state index is 12.8. The molecule has 3 rings (SSSR count). The lowest BCUT2D eigenvalue weighted by molar-refractivity contribution is -0.132. The summed E-state index contributed by atoms with van der Waals surface area (Å²) in [4.78, 5) is 29.4. The minimum absolute atomic E-state index is 0.108. The molecule has 1 aromatic heterocycles. The predicted octanol–water partition coefficient (Wildman–Crippen LogP) is 2.47. The first-order chi connectivity index (χ1) is 13.5. The van der Waals surface area contributed by atoms with Crippen molar-refractivity contribution >= 4 is 11.8 Å². The Morgan fingerprint density at radius 3 is 2.71 bits per heavy atom. The fourth-order valence-corrected chi connectivity index (χ4v) is 3.82. The number of hydrogen-bond acceptors (Lipinski definition) is 4. The van der Waals surface area contributed by atoms with E-state index in [1.807, 2.05) is 23.1 Å². The van der Waals surface area contributed by atoms with Crippen molar-refractivity contribution in [3.8, 4) is 11.5 Å². The van der Waals surface area contributed by atoms with Gasteiger partial charge in [-0.2, -0.15) is 0 Å². The molecular weight excluding hydrogens is 358 g/mol. The second-order valence-corrected chi connectivity index (χ2v) is 7.04. The Balaban J connectivity index is 1.61. The van der Waals surface area contributed by atoms with Crippen LogP contribution in [0.1, 0.15) is 46.8 Å². The lowest BCUT2D eigenvalue weighted by Crippen LogP contribution is -2.39. The van der Waals surface area contributed by atoms with Crippen molar-refractivity contribution in [3.63, 3.8) is 0 Å². The molecule has 1 unspecified atom stereocenters. The molecule has 2 amide bonds. The average molecular weight is 385 g/mol. The predicted molar refractivity (Wildman–Crippen MR) is 106 cm³/mol. The first-order valence-corrected chi connectivity index (χ1v) is 9.49. The number of amides is 2. The van der Waals surface area contributed by atoms with Gasteiger partial charge in [-0.15, -0.1) is 0 Å². The number of rotatable bonds is 7. The highest BCUT2D eigenvalue weighted by atomic mass is 16.5. The average Bonchev–Trinajstić information content (AvgIpc) is 3.22. The van der Waals surface area contributed by atoms with Gasteiger partial charge in [0.2, 0.25) is 5.91 Å². The molecule has 0 aliphatic carbocycles. The number of nitrogens with one attached hydrogen (secondary N) is 1. The molecule has 1 aromatic carbocycles. The first kappa shape index (κ1) is 19.8. The maximum absolute atomic E-state index is 12.8. The van der Waals surface area contributed by atoms with E-state index in [2.05, 4.69) is 4.98 Å². The van der Waals surface area contributed by atoms with Gasteiger partial charge in [-0.05, 0) is 43.0 Å². The number of benzene rings is 1. The number of nitrogens with two attached hydrogens (primary N) is 1. The summed E-state index contributed by atoms with van der Waals surface area (Å²) in [5.41, 5.74) is 7.84. The number of aryl methyl sites for hydroxylation is 1. The van der Waals surface area contributed by atoms with Crippen LogP contribution in [0.2, 0.25) is 0 Å². The molecule has 0 radical (unpaired) electrons. The quantitative estimate of drug-likeness (QED) is 0.765. The highest BCUT2D eigenvalue weighted by molar-refractivity contribution is 5.94. The van der Waals surface area contributed by atoms with Gasteiger partial charge in [0.25, 0.3) is 5.91 Å². The van der Waals surface area contributed by atoms with Crippen molar-refractivity contribution < 1.29 is 19.1 Å². The third-order valence-corrected chi connectivity index (χ3v) is 5.30. The summed E-state index contributed by atoms with van der Waals surface area (Å²) in [5, 5.41) is 0. The zero-order valence-electron chi connectivity index (χ0n) is 16.4. The third kappa shape index (κ3) is 4.30. The second-order valence-electron chi connectivity index (χ2n) is 7.04. The molecule has 0 bridgehead atoms. The topological polar surface area (TPSA) is 97.6 Å². The van der Waals surface area contributed by atoms with Crippen molar-refractivity contribution in [2.75, 3.05) is 27.3 Å². The molecule has 1 aliphatic rings. The van der Waals surface area contributed by atoms with Crippen molar-refractivity contribution in [1.82, 2.24) is 9.88 Å². The standard InChI is InChI=1S/C21H27N3O4/c1-27-17-7-5-14(12-18(17)28-2)6-8-19(25)24-11-3-4-15(13-24)20-16(21(22)26)9-10-23-20/h5,7,9-10,12,15,23H,3-4,6,8,11,13H2,1-2H3,(H2,22,26). The van der Waals surface area contributed by atoms with Crippen molar-refractivity contribution in [1.29, 1.82) is 0 Å². The molecule has 2 aromatic rings. The summed E-state index contributed by atoms with van der Waals surface area (Å²) in [5.74, 6) is 1.12. The normalized spacial score (nSPS) is 16.6. The van der Waals surface area contributed by atoms with Gasteiger partial charge in [-0.1, -0.05) is 6.07 Å². The maximum Gasteiger partial charge on any atom is 0.250 e. The molecule has 7 heteroatoms. The Hall–Kier alpha value is -2.96. The van der Waals surface area contributed by atoms with Crippen LogP contribution in [0, 0.1) is 0 Å². The molecule has 1 fully saturated rings. The van der Waals surface area contributed by atoms with Crippen molar-refractivity contribution in [3.05, 3.63) is 47.3 Å². The Bertz CT molecular complexity index is 846. The van der Waals surface area contributed by atoms with E-state index in [0.29, 0.717) is 36.4 Å². The van der Waals surface area contributed by atoms with Crippen LogP contribution in [0.3, 0.4) is 0 Å². The zero-order valence-corrected chi connectivity index (χ0v) is 16.4. The lowest BCUT2D eigenvalue weighted by Gasteiger charge is -2.33. The number of aromatic nitrogens is 1. The van der Waals surface area contributed by atoms with E-state index in [9.17, 15) is 9.59 Å². The number of methoxy groups -OCH3 is 2. The summed E-state index contributed by atoms with van der Waals surface area (Å²) in [6.07, 6.45) is 4.63. The highest BCUT2D eigenvalue weighted by Crippen LogP contribution is 2.30. The molecular formula is C21H27N3O4. The summed E-state index contributed by atoms with van der Waals surface area (Å²) in [6, 6.07) is 7.41. The highest BCUT2D eigenvalue weighted by Gasteiger charge is 2.27. The van der Waals surface area contributed by atoms with E-state index < -0.39 is 5.91 Å². The molecule has 0 saturated carbocycles. The van der Waals surface area contributed by atoms with E-state index in [4.69, 9.17) is 15.2 Å². The SMILES string of the molecule is COc1ccc(CCC(=O)N2CCCC(c3[nH]ccc3C(N)=O)C2)cc1OC. The van der Waals surface area contributed by atoms with E-state index in [1.165, 1.54) is 0 Å². The Kier molecular flexibility index (Phi) is 6.23. The fraction of sp³-hybridized carbons (Fsp3) is 0.429. The lowest BCUT2D eigenvalue weighted by atomic mass is 9.92. The van der Waals surface area contributed by atoms with Crippen molar-refractivity contribution in [2.45, 2.75) is 31.6 Å². The first-order valence-electron chi connectivity index (χ1n) is 9.49. The number of likely N-dealkylation sites (tertiary alicyclic amines) is 1. The van der Waals surface area contributed by atoms with Crippen LogP contribution in [-0.4, -0.2) is 49.0 Å². The molecule has 2 heterocycles. The minimum atomic E-state index is -0.437. The van der Waals surface area contributed by atoms with Crippen LogP contribution < -0.4 is 15.2 Å². The second kappa shape index (κ2) is 8.82. The molecule has 3 N–H and O–H groups in total. The molecule has 1 atom stereocenters. The van der Waals surface area contributed by atoms with Gasteiger partial charge in [0.05, 0.1) is 19.8 Å². The number of hydrogen-bond donors (Lipinski definition) is 2. The summed E-state index contributed by atoms with van der Waals surface area (Å²) in [6.45, 7) is 1.35. The van der Waals surface area contributed by atoms with Crippen LogP contribution in [0.4, 0.5) is 0 Å². The van der Waals surface area contributed by atoms with Gasteiger partial charge in [0.1, 0.15) is 0 Å². The van der Waals surface area contributed by atoms with E-state index >= 15 is 0 Å². The van der Waals surface area contributed by atoms with Gasteiger partial charge >= 0.3 is 0 Å². The third-order valence-electron chi connectivity index (χ3n) is 5.30. The number of H-pyrrole nitrogens is 1. The molecule has 0 spiro atoms. The van der Waals surface area contributed by atoms with Gasteiger partial charge in [-0.3, -0.25) is 9.59 Å². The van der Waals surface area contributed by atoms with Gasteiger partial charge in [0.15, 0.2) is 11.5 Å². The van der Waals surface area contributed by atoms with Crippen LogP contribution in [0.15, 0.2) is 30.5 Å². The molecule has 150 valence electrons.